The molecule has 0 spiro atoms. The van der Waals surface area contributed by atoms with Crippen LogP contribution in [0, 0.1) is 23.2 Å². The van der Waals surface area contributed by atoms with E-state index in [1.807, 2.05) is 6.08 Å². The van der Waals surface area contributed by atoms with Gasteiger partial charge in [-0.2, -0.15) is 0 Å². The Labute approximate surface area is 140 Å². The Kier molecular flexibility index (Phi) is 5.90. The van der Waals surface area contributed by atoms with E-state index in [-0.39, 0.29) is 17.6 Å². The number of hydrogen-bond donors (Lipinski definition) is 1. The smallest absolute Gasteiger partial charge is 0.407 e. The molecule has 2 bridgehead atoms. The van der Waals surface area contributed by atoms with Crippen molar-refractivity contribution in [1.29, 1.82) is 0 Å². The second-order valence-corrected chi connectivity index (χ2v) is 7.11. The molecule has 4 heteroatoms. The summed E-state index contributed by atoms with van der Waals surface area (Å²) in [6, 6.07) is 0. The lowest BCUT2D eigenvalue weighted by molar-refractivity contribution is -0.148. The zero-order chi connectivity index (χ0) is 17.0. The number of hydrogen-bond acceptors (Lipinski definition) is 3. The molecule has 5 atom stereocenters. The van der Waals surface area contributed by atoms with Crippen LogP contribution in [0.5, 0.6) is 0 Å². The van der Waals surface area contributed by atoms with Crippen molar-refractivity contribution in [2.45, 2.75) is 46.6 Å². The number of unbranched alkanes of at least 4 members (excludes halogenated alkanes) is 1. The van der Waals surface area contributed by atoms with Gasteiger partial charge in [0.2, 0.25) is 0 Å². The predicted octanol–water partition coefficient (Wildman–Crippen LogP) is 3.93. The van der Waals surface area contributed by atoms with Gasteiger partial charge in [-0.15, -0.1) is 6.58 Å². The van der Waals surface area contributed by atoms with Crippen LogP contribution in [0.3, 0.4) is 0 Å². The average molecular weight is 321 g/mol. The molecule has 4 nitrogen and oxygen atoms in total. The molecule has 0 aromatic heterocycles. The maximum absolute atomic E-state index is 11.9. The number of carbonyl (C=O) groups is 1. The monoisotopic (exact) mass is 321 g/mol. The molecule has 1 aliphatic carbocycles. The number of nitrogens with one attached hydrogen (secondary N) is 1. The molecule has 130 valence electrons. The molecule has 1 heterocycles. The fraction of sp³-hybridized carbons (Fsp3) is 0.737. The van der Waals surface area contributed by atoms with Crippen LogP contribution in [0.15, 0.2) is 24.3 Å². The minimum atomic E-state index is -0.319. The van der Waals surface area contributed by atoms with E-state index in [1.165, 1.54) is 5.57 Å². The van der Waals surface area contributed by atoms with Gasteiger partial charge in [-0.3, -0.25) is 0 Å². The maximum Gasteiger partial charge on any atom is 0.407 e. The summed E-state index contributed by atoms with van der Waals surface area (Å²) in [4.78, 5) is 11.9. The number of carbonyl (C=O) groups excluding carboxylic acids is 1. The van der Waals surface area contributed by atoms with Crippen molar-refractivity contribution in [2.75, 3.05) is 19.8 Å². The number of fused-ring (bicyclic) bond motifs is 2. The van der Waals surface area contributed by atoms with Crippen LogP contribution in [0.1, 0.15) is 40.5 Å². The van der Waals surface area contributed by atoms with E-state index >= 15 is 0 Å². The van der Waals surface area contributed by atoms with E-state index in [1.54, 1.807) is 0 Å². The minimum Gasteiger partial charge on any atom is -0.449 e. The summed E-state index contributed by atoms with van der Waals surface area (Å²) in [7, 11) is 0. The average Bonchev–Trinajstić information content (AvgIpc) is 2.52. The molecule has 1 aliphatic heterocycles. The van der Waals surface area contributed by atoms with E-state index < -0.39 is 0 Å². The molecule has 0 unspecified atom stereocenters. The lowest BCUT2D eigenvalue weighted by Crippen LogP contribution is -2.56. The predicted molar refractivity (Wildman–Crippen MR) is 92.2 cm³/mol. The highest BCUT2D eigenvalue weighted by Crippen LogP contribution is 2.52. The molecule has 1 fully saturated rings. The van der Waals surface area contributed by atoms with Gasteiger partial charge in [0.1, 0.15) is 6.61 Å². The summed E-state index contributed by atoms with van der Waals surface area (Å²) in [5.41, 5.74) is 1.21. The molecule has 0 aromatic rings. The molecule has 2 rings (SSSR count). The SMILES string of the molecule is C=C[C@@H]1OC[C@]2(COC(=O)NCCCC)[C@H](C)C=C(C)[C@H]1[C@@H]2C. The van der Waals surface area contributed by atoms with E-state index in [0.29, 0.717) is 37.5 Å². The molecule has 23 heavy (non-hydrogen) atoms. The molecule has 0 saturated carbocycles. The van der Waals surface area contributed by atoms with Crippen molar-refractivity contribution in [3.8, 4) is 0 Å². The van der Waals surface area contributed by atoms with Crippen molar-refractivity contribution < 1.29 is 14.3 Å². The normalized spacial score (nSPS) is 36.1. The van der Waals surface area contributed by atoms with Gasteiger partial charge < -0.3 is 14.8 Å². The quantitative estimate of drug-likeness (QED) is 0.595. The number of amides is 1. The molecule has 0 radical (unpaired) electrons. The molecule has 0 aromatic carbocycles. The summed E-state index contributed by atoms with van der Waals surface area (Å²) in [6.07, 6.45) is 5.99. The van der Waals surface area contributed by atoms with Crippen molar-refractivity contribution >= 4 is 6.09 Å². The first kappa shape index (κ1) is 18.1. The fourth-order valence-corrected chi connectivity index (χ4v) is 4.14. The maximum atomic E-state index is 11.9. The van der Waals surface area contributed by atoms with Crippen LogP contribution in [-0.4, -0.2) is 32.0 Å². The molecular formula is C19H31NO3. The summed E-state index contributed by atoms with van der Waals surface area (Å²) >= 11 is 0. The third-order valence-electron chi connectivity index (χ3n) is 5.79. The second kappa shape index (κ2) is 7.52. The highest BCUT2D eigenvalue weighted by atomic mass is 16.6. The summed E-state index contributed by atoms with van der Waals surface area (Å²) in [5, 5.41) is 2.82. The Hall–Kier alpha value is -1.29. The van der Waals surface area contributed by atoms with Gasteiger partial charge in [0.25, 0.3) is 0 Å². The summed E-state index contributed by atoms with van der Waals surface area (Å²) in [5.74, 6) is 1.04. The molecule has 1 amide bonds. The van der Waals surface area contributed by atoms with Crippen molar-refractivity contribution in [2.24, 2.45) is 23.2 Å². The highest BCUT2D eigenvalue weighted by Gasteiger charge is 2.53. The molecule has 1 saturated heterocycles. The largest absolute Gasteiger partial charge is 0.449 e. The molecular weight excluding hydrogens is 290 g/mol. The number of rotatable bonds is 6. The van der Waals surface area contributed by atoms with Crippen LogP contribution < -0.4 is 5.32 Å². The number of ether oxygens (including phenoxy) is 2. The van der Waals surface area contributed by atoms with Crippen LogP contribution in [0.2, 0.25) is 0 Å². The van der Waals surface area contributed by atoms with E-state index in [4.69, 9.17) is 9.47 Å². The zero-order valence-electron chi connectivity index (χ0n) is 14.9. The Balaban J connectivity index is 2.07. The third kappa shape index (κ3) is 3.47. The van der Waals surface area contributed by atoms with Gasteiger partial charge in [-0.05, 0) is 25.2 Å². The van der Waals surface area contributed by atoms with Crippen LogP contribution >= 0.6 is 0 Å². The van der Waals surface area contributed by atoms with E-state index in [2.05, 4.69) is 45.7 Å². The lowest BCUT2D eigenvalue weighted by Gasteiger charge is -2.54. The second-order valence-electron chi connectivity index (χ2n) is 7.11. The third-order valence-corrected chi connectivity index (χ3v) is 5.79. The van der Waals surface area contributed by atoms with Gasteiger partial charge >= 0.3 is 6.09 Å². The number of allylic oxidation sites excluding steroid dienone is 1. The van der Waals surface area contributed by atoms with Gasteiger partial charge in [0.05, 0.1) is 12.7 Å². The topological polar surface area (TPSA) is 47.6 Å². The Morgan fingerprint density at radius 2 is 2.30 bits per heavy atom. The van der Waals surface area contributed by atoms with E-state index in [0.717, 1.165) is 12.8 Å². The summed E-state index contributed by atoms with van der Waals surface area (Å²) < 4.78 is 11.6. The van der Waals surface area contributed by atoms with Crippen LogP contribution in [0.4, 0.5) is 4.79 Å². The molecule has 1 N–H and O–H groups in total. The van der Waals surface area contributed by atoms with Gasteiger partial charge in [-0.1, -0.05) is 44.9 Å². The van der Waals surface area contributed by atoms with Crippen LogP contribution in [-0.2, 0) is 9.47 Å². The first-order valence-corrected chi connectivity index (χ1v) is 8.79. The standard InChI is InChI=1S/C19H31NO3/c1-6-8-9-20-18(21)23-12-19-11-22-16(7-2)17(15(19)5)13(3)10-14(19)4/h7,10,14-17H,2,6,8-9,11-12H2,1,3-5H3,(H,20,21)/t14-,15+,16+,17+,19+/m1/s1. The fourth-order valence-electron chi connectivity index (χ4n) is 4.14. The van der Waals surface area contributed by atoms with Gasteiger partial charge in [0.15, 0.2) is 0 Å². The van der Waals surface area contributed by atoms with E-state index in [9.17, 15) is 4.79 Å². The number of alkyl carbamates (subject to hydrolysis) is 1. The van der Waals surface area contributed by atoms with Crippen molar-refractivity contribution in [3.63, 3.8) is 0 Å². The molecule has 2 aliphatic rings. The Bertz CT molecular complexity index is 473. The van der Waals surface area contributed by atoms with Crippen molar-refractivity contribution in [1.82, 2.24) is 5.32 Å². The first-order valence-electron chi connectivity index (χ1n) is 8.79. The lowest BCUT2D eigenvalue weighted by atomic mass is 9.56. The zero-order valence-corrected chi connectivity index (χ0v) is 14.9. The minimum absolute atomic E-state index is 0.0558. The van der Waals surface area contributed by atoms with Crippen LogP contribution in [0.25, 0.3) is 0 Å². The van der Waals surface area contributed by atoms with Gasteiger partial charge in [0, 0.05) is 17.9 Å². The van der Waals surface area contributed by atoms with Crippen molar-refractivity contribution in [3.05, 3.63) is 24.3 Å². The Morgan fingerprint density at radius 3 is 2.96 bits per heavy atom. The first-order chi connectivity index (χ1) is 11.0. The Morgan fingerprint density at radius 1 is 1.57 bits per heavy atom. The summed E-state index contributed by atoms with van der Waals surface area (Å²) in [6.45, 7) is 14.3. The highest BCUT2D eigenvalue weighted by molar-refractivity contribution is 5.67. The van der Waals surface area contributed by atoms with Gasteiger partial charge in [-0.25, -0.2) is 4.79 Å².